The lowest BCUT2D eigenvalue weighted by atomic mass is 9.87. The number of benzene rings is 5. The first-order chi connectivity index (χ1) is 11.8. The van der Waals surface area contributed by atoms with Crippen LogP contribution in [0.5, 0.6) is 0 Å². The van der Waals surface area contributed by atoms with E-state index in [2.05, 4.69) is 67.2 Å². The molecule has 1 N–H and O–H groups in total. The van der Waals surface area contributed by atoms with E-state index in [9.17, 15) is 5.11 Å². The highest BCUT2D eigenvalue weighted by Gasteiger charge is 2.15. The average Bonchev–Trinajstić information content (AvgIpc) is 2.65. The second-order valence-electron chi connectivity index (χ2n) is 6.32. The molecule has 5 rings (SSSR count). The number of aliphatic hydroxyl groups excluding tert-OH is 1. The monoisotopic (exact) mass is 308 g/mol. The largest absolute Gasteiger partial charge is 0.384 e. The lowest BCUT2D eigenvalue weighted by Gasteiger charge is -2.17. The molecule has 0 saturated heterocycles. The lowest BCUT2D eigenvalue weighted by Crippen LogP contribution is -1.95. The fourth-order valence-corrected chi connectivity index (χ4v) is 4.05. The van der Waals surface area contributed by atoms with E-state index in [0.29, 0.717) is 0 Å². The van der Waals surface area contributed by atoms with Crippen LogP contribution < -0.4 is 0 Å². The third kappa shape index (κ3) is 1.62. The van der Waals surface area contributed by atoms with Crippen LogP contribution in [0, 0.1) is 0 Å². The Hall–Kier alpha value is -2.90. The first kappa shape index (κ1) is 13.5. The Morgan fingerprint density at radius 1 is 0.667 bits per heavy atom. The second kappa shape index (κ2) is 4.80. The van der Waals surface area contributed by atoms with Crippen LogP contribution in [0.3, 0.4) is 0 Å². The van der Waals surface area contributed by atoms with Crippen molar-refractivity contribution in [2.45, 2.75) is 6.10 Å². The van der Waals surface area contributed by atoms with E-state index >= 15 is 0 Å². The Balaban J connectivity index is 2.14. The van der Waals surface area contributed by atoms with Gasteiger partial charge in [0.05, 0.1) is 6.10 Å². The van der Waals surface area contributed by atoms with Gasteiger partial charge in [-0.15, -0.1) is 6.58 Å². The maximum Gasteiger partial charge on any atom is 0.0975 e. The predicted molar refractivity (Wildman–Crippen MR) is 103 cm³/mol. The van der Waals surface area contributed by atoms with E-state index < -0.39 is 6.10 Å². The van der Waals surface area contributed by atoms with Gasteiger partial charge in [-0.3, -0.25) is 0 Å². The van der Waals surface area contributed by atoms with Crippen molar-refractivity contribution in [3.63, 3.8) is 0 Å². The van der Waals surface area contributed by atoms with Gasteiger partial charge in [-0.05, 0) is 48.7 Å². The van der Waals surface area contributed by atoms with Gasteiger partial charge >= 0.3 is 0 Å². The smallest absolute Gasteiger partial charge is 0.0975 e. The van der Waals surface area contributed by atoms with Crippen molar-refractivity contribution in [2.24, 2.45) is 0 Å². The maximum absolute atomic E-state index is 10.3. The Bertz CT molecular complexity index is 1180. The van der Waals surface area contributed by atoms with Crippen molar-refractivity contribution in [2.75, 3.05) is 0 Å². The first-order valence-electron chi connectivity index (χ1n) is 8.18. The van der Waals surface area contributed by atoms with Crippen LogP contribution in [0.25, 0.3) is 43.1 Å². The molecule has 1 atom stereocenters. The molecular weight excluding hydrogens is 292 g/mol. The molecule has 0 radical (unpaired) electrons. The first-order valence-corrected chi connectivity index (χ1v) is 8.18. The molecule has 5 aromatic carbocycles. The van der Waals surface area contributed by atoms with E-state index in [-0.39, 0.29) is 0 Å². The van der Waals surface area contributed by atoms with Crippen LogP contribution in [0.15, 0.2) is 79.4 Å². The van der Waals surface area contributed by atoms with E-state index in [1.54, 1.807) is 6.08 Å². The summed E-state index contributed by atoms with van der Waals surface area (Å²) in [6.45, 7) is 3.74. The fraction of sp³-hybridized carbons (Fsp3) is 0.0435. The molecule has 0 heterocycles. The topological polar surface area (TPSA) is 20.2 Å². The molecule has 0 bridgehead atoms. The van der Waals surface area contributed by atoms with Gasteiger partial charge in [0, 0.05) is 0 Å². The molecule has 5 aromatic rings. The Kier molecular flexibility index (Phi) is 2.70. The second-order valence-corrected chi connectivity index (χ2v) is 6.32. The molecule has 1 heteroatoms. The molecule has 1 unspecified atom stereocenters. The summed E-state index contributed by atoms with van der Waals surface area (Å²) in [5.41, 5.74) is 0.914. The zero-order valence-corrected chi connectivity index (χ0v) is 13.2. The molecular formula is C23H16O. The lowest BCUT2D eigenvalue weighted by molar-refractivity contribution is 0.230. The third-order valence-corrected chi connectivity index (χ3v) is 5.10. The number of hydrogen-bond acceptors (Lipinski definition) is 1. The van der Waals surface area contributed by atoms with Crippen LogP contribution in [-0.2, 0) is 0 Å². The Morgan fingerprint density at radius 3 is 1.88 bits per heavy atom. The fourth-order valence-electron chi connectivity index (χ4n) is 4.05. The highest BCUT2D eigenvalue weighted by Crippen LogP contribution is 2.41. The van der Waals surface area contributed by atoms with Gasteiger partial charge in [0.25, 0.3) is 0 Å². The van der Waals surface area contributed by atoms with Gasteiger partial charge in [-0.25, -0.2) is 0 Å². The normalized spacial score (nSPS) is 13.2. The van der Waals surface area contributed by atoms with Gasteiger partial charge < -0.3 is 5.11 Å². The van der Waals surface area contributed by atoms with Crippen molar-refractivity contribution < 1.29 is 5.11 Å². The van der Waals surface area contributed by atoms with Crippen LogP contribution in [0.4, 0.5) is 0 Å². The molecule has 0 saturated carbocycles. The summed E-state index contributed by atoms with van der Waals surface area (Å²) >= 11 is 0. The van der Waals surface area contributed by atoms with Gasteiger partial charge in [-0.2, -0.15) is 0 Å². The average molecular weight is 308 g/mol. The molecule has 0 spiro atoms. The quantitative estimate of drug-likeness (QED) is 0.242. The molecule has 0 aromatic heterocycles. The van der Waals surface area contributed by atoms with E-state index in [1.807, 2.05) is 6.07 Å². The molecule has 0 aliphatic heterocycles. The van der Waals surface area contributed by atoms with Crippen molar-refractivity contribution in [3.8, 4) is 0 Å². The van der Waals surface area contributed by atoms with Gasteiger partial charge in [-0.1, -0.05) is 72.8 Å². The number of rotatable bonds is 2. The van der Waals surface area contributed by atoms with Crippen molar-refractivity contribution in [1.29, 1.82) is 0 Å². The minimum absolute atomic E-state index is 0.651. The standard InChI is InChI=1S/C23H16O/c1-2-21(24)15-12-13-20-18-9-4-7-14-6-3-8-17(22(14)18)19-11-5-10-16(15)23(19)20/h2-13,21,24H,1H2. The molecule has 0 aliphatic carbocycles. The molecule has 0 amide bonds. The van der Waals surface area contributed by atoms with E-state index in [4.69, 9.17) is 0 Å². The van der Waals surface area contributed by atoms with Crippen LogP contribution in [0.1, 0.15) is 11.7 Å². The van der Waals surface area contributed by atoms with Crippen LogP contribution in [-0.4, -0.2) is 5.11 Å². The third-order valence-electron chi connectivity index (χ3n) is 5.10. The SMILES string of the molecule is C=CC(O)c1ccc2c3cccc4cccc(c5cccc1c52)c43. The highest BCUT2D eigenvalue weighted by atomic mass is 16.3. The van der Waals surface area contributed by atoms with Gasteiger partial charge in [0.1, 0.15) is 0 Å². The van der Waals surface area contributed by atoms with Crippen LogP contribution in [0.2, 0.25) is 0 Å². The van der Waals surface area contributed by atoms with Crippen LogP contribution >= 0.6 is 0 Å². The van der Waals surface area contributed by atoms with Crippen molar-refractivity contribution >= 4 is 43.1 Å². The summed E-state index contributed by atoms with van der Waals surface area (Å²) < 4.78 is 0. The van der Waals surface area contributed by atoms with E-state index in [1.165, 1.54) is 37.7 Å². The summed E-state index contributed by atoms with van der Waals surface area (Å²) in [6.07, 6.45) is 0.934. The highest BCUT2D eigenvalue weighted by molar-refractivity contribution is 6.33. The van der Waals surface area contributed by atoms with Crippen molar-refractivity contribution in [1.82, 2.24) is 0 Å². The number of fused-ring (bicyclic) bond motifs is 2. The number of aliphatic hydroxyl groups is 1. The molecule has 114 valence electrons. The minimum atomic E-state index is -0.651. The summed E-state index contributed by atoms with van der Waals surface area (Å²) in [6, 6.07) is 23.5. The number of hydrogen-bond donors (Lipinski definition) is 1. The summed E-state index contributed by atoms with van der Waals surface area (Å²) in [4.78, 5) is 0. The van der Waals surface area contributed by atoms with Crippen molar-refractivity contribution in [3.05, 3.63) is 84.9 Å². The van der Waals surface area contributed by atoms with Gasteiger partial charge in [0.15, 0.2) is 0 Å². The summed E-state index contributed by atoms with van der Waals surface area (Å²) in [5, 5.41) is 20.3. The Morgan fingerprint density at radius 2 is 1.21 bits per heavy atom. The zero-order chi connectivity index (χ0) is 16.3. The molecule has 1 nitrogen and oxygen atoms in total. The molecule has 0 fully saturated rings. The molecule has 0 aliphatic rings. The predicted octanol–water partition coefficient (Wildman–Crippen LogP) is 5.96. The Labute approximate surface area is 139 Å². The minimum Gasteiger partial charge on any atom is -0.384 e. The summed E-state index contributed by atoms with van der Waals surface area (Å²) in [7, 11) is 0. The maximum atomic E-state index is 10.3. The summed E-state index contributed by atoms with van der Waals surface area (Å²) in [5.74, 6) is 0. The van der Waals surface area contributed by atoms with Gasteiger partial charge in [0.2, 0.25) is 0 Å². The molecule has 24 heavy (non-hydrogen) atoms. The van der Waals surface area contributed by atoms with E-state index in [0.717, 1.165) is 10.9 Å². The zero-order valence-electron chi connectivity index (χ0n) is 13.2.